The van der Waals surface area contributed by atoms with E-state index in [1.54, 1.807) is 19.5 Å². The number of ether oxygens (including phenoxy) is 4. The number of esters is 2. The highest BCUT2D eigenvalue weighted by Crippen LogP contribution is 2.80. The SMILES string of the molecule is CC(=O)O[C@H]1C(=O)O[C@@]2(C)C=C[C@]3(O)O[C@H]4[C@H]([C@]3(C)[C@@]12O)[C@@](C)(O)[C@@]12O[C@@H]1C[C@@H](c1ccoc1)[C@]2(C)[C@H]4O. The predicted octanol–water partition coefficient (Wildman–Crippen LogP) is 0.294. The first-order chi connectivity index (χ1) is 17.6. The van der Waals surface area contributed by atoms with Crippen LogP contribution in [0.15, 0.2) is 35.2 Å². The zero-order valence-corrected chi connectivity index (χ0v) is 21.7. The van der Waals surface area contributed by atoms with Crippen LogP contribution in [-0.4, -0.2) is 85.0 Å². The highest BCUT2D eigenvalue weighted by atomic mass is 16.7. The normalized spacial score (nSPS) is 59.3. The van der Waals surface area contributed by atoms with E-state index in [9.17, 15) is 30.0 Å². The molecule has 3 aliphatic carbocycles. The van der Waals surface area contributed by atoms with Gasteiger partial charge in [-0.15, -0.1) is 0 Å². The number of furan rings is 1. The maximum atomic E-state index is 13.0. The number of rotatable bonds is 2. The quantitative estimate of drug-likeness (QED) is 0.235. The molecule has 3 saturated heterocycles. The molecule has 2 saturated carbocycles. The fourth-order valence-electron chi connectivity index (χ4n) is 9.63. The number of hydrogen-bond acceptors (Lipinski definition) is 11. The number of aliphatic hydroxyl groups excluding tert-OH is 1. The Balaban J connectivity index is 1.45. The summed E-state index contributed by atoms with van der Waals surface area (Å²) in [6.45, 7) is 7.40. The molecule has 0 aromatic carbocycles. The van der Waals surface area contributed by atoms with E-state index >= 15 is 0 Å². The number of carbonyl (C=O) groups is 2. The largest absolute Gasteiger partial charge is 0.472 e. The minimum Gasteiger partial charge on any atom is -0.472 e. The van der Waals surface area contributed by atoms with Crippen molar-refractivity contribution in [3.8, 4) is 0 Å². The summed E-state index contributed by atoms with van der Waals surface area (Å²) in [5.74, 6) is -5.57. The third-order valence-corrected chi connectivity index (χ3v) is 11.3. The Kier molecular flexibility index (Phi) is 4.25. The van der Waals surface area contributed by atoms with E-state index < -0.39 is 81.3 Å². The predicted molar refractivity (Wildman–Crippen MR) is 124 cm³/mol. The molecule has 1 aromatic heterocycles. The summed E-state index contributed by atoms with van der Waals surface area (Å²) in [4.78, 5) is 25.1. The van der Waals surface area contributed by atoms with Gasteiger partial charge in [-0.2, -0.15) is 0 Å². The Morgan fingerprint density at radius 3 is 2.45 bits per heavy atom. The molecule has 7 rings (SSSR count). The maximum absolute atomic E-state index is 13.0. The van der Waals surface area contributed by atoms with Crippen LogP contribution in [0.5, 0.6) is 0 Å². The van der Waals surface area contributed by atoms with Gasteiger partial charge < -0.3 is 43.8 Å². The molecule has 0 bridgehead atoms. The number of hydrogen-bond donors (Lipinski definition) is 4. The molecule has 206 valence electrons. The minimum absolute atomic E-state index is 0.259. The van der Waals surface area contributed by atoms with Crippen molar-refractivity contribution in [1.82, 2.24) is 0 Å². The molecule has 1 aromatic rings. The average molecular weight is 533 g/mol. The molecule has 4 N–H and O–H groups in total. The van der Waals surface area contributed by atoms with Gasteiger partial charge in [0.05, 0.1) is 36.3 Å². The van der Waals surface area contributed by atoms with Gasteiger partial charge in [-0.25, -0.2) is 4.79 Å². The van der Waals surface area contributed by atoms with E-state index in [0.717, 1.165) is 12.5 Å². The van der Waals surface area contributed by atoms with Gasteiger partial charge in [0, 0.05) is 24.2 Å². The zero-order valence-electron chi connectivity index (χ0n) is 21.7. The minimum atomic E-state index is -2.40. The first kappa shape index (κ1) is 24.7. The van der Waals surface area contributed by atoms with Gasteiger partial charge in [-0.3, -0.25) is 4.79 Å². The summed E-state index contributed by atoms with van der Waals surface area (Å²) in [5.41, 5.74) is -9.37. The Labute approximate surface area is 218 Å². The number of carbonyl (C=O) groups excluding carboxylic acids is 2. The van der Waals surface area contributed by atoms with E-state index in [2.05, 4.69) is 0 Å². The Morgan fingerprint density at radius 2 is 1.82 bits per heavy atom. The summed E-state index contributed by atoms with van der Waals surface area (Å²) < 4.78 is 28.7. The molecule has 5 fully saturated rings. The highest BCUT2D eigenvalue weighted by Gasteiger charge is 2.94. The topological polar surface area (TPSA) is 168 Å². The zero-order chi connectivity index (χ0) is 27.5. The van der Waals surface area contributed by atoms with Crippen molar-refractivity contribution in [2.45, 2.75) is 99.6 Å². The third kappa shape index (κ3) is 2.15. The van der Waals surface area contributed by atoms with Gasteiger partial charge in [0.15, 0.2) is 17.0 Å². The van der Waals surface area contributed by atoms with E-state index in [1.165, 1.54) is 26.0 Å². The van der Waals surface area contributed by atoms with Crippen molar-refractivity contribution in [3.05, 3.63) is 36.3 Å². The van der Waals surface area contributed by atoms with Crippen LogP contribution < -0.4 is 0 Å². The average Bonchev–Trinajstić information content (AvgIpc) is 3.07. The molecule has 4 heterocycles. The number of epoxide rings is 1. The lowest BCUT2D eigenvalue weighted by atomic mass is 9.43. The fraction of sp³-hybridized carbons (Fsp3) is 0.704. The van der Waals surface area contributed by atoms with Crippen LogP contribution in [0, 0.1) is 16.7 Å². The summed E-state index contributed by atoms with van der Waals surface area (Å²) in [6.07, 6.45) is 1.49. The van der Waals surface area contributed by atoms with Crippen molar-refractivity contribution in [2.75, 3.05) is 0 Å². The summed E-state index contributed by atoms with van der Waals surface area (Å²) in [7, 11) is 0. The molecule has 0 radical (unpaired) electrons. The van der Waals surface area contributed by atoms with Gasteiger partial charge in [-0.1, -0.05) is 13.8 Å². The lowest BCUT2D eigenvalue weighted by molar-refractivity contribution is -0.301. The maximum Gasteiger partial charge on any atom is 0.351 e. The van der Waals surface area contributed by atoms with Crippen LogP contribution in [0.3, 0.4) is 0 Å². The molecule has 0 unspecified atom stereocenters. The van der Waals surface area contributed by atoms with Gasteiger partial charge in [0.25, 0.3) is 0 Å². The van der Waals surface area contributed by atoms with Gasteiger partial charge in [0.2, 0.25) is 6.10 Å². The summed E-state index contributed by atoms with van der Waals surface area (Å²) in [5, 5.41) is 49.3. The van der Waals surface area contributed by atoms with Gasteiger partial charge in [-0.05, 0) is 44.1 Å². The van der Waals surface area contributed by atoms with E-state index in [1.807, 2.05) is 13.0 Å². The molecule has 11 nitrogen and oxygen atoms in total. The van der Waals surface area contributed by atoms with E-state index in [-0.39, 0.29) is 5.92 Å². The van der Waals surface area contributed by atoms with Crippen molar-refractivity contribution < 1.29 is 53.4 Å². The van der Waals surface area contributed by atoms with E-state index in [4.69, 9.17) is 23.4 Å². The van der Waals surface area contributed by atoms with Crippen LogP contribution in [0.25, 0.3) is 0 Å². The Hall–Kier alpha value is -2.28. The van der Waals surface area contributed by atoms with Crippen molar-refractivity contribution >= 4 is 11.9 Å². The molecule has 3 aliphatic heterocycles. The van der Waals surface area contributed by atoms with Crippen LogP contribution in [0.2, 0.25) is 0 Å². The van der Waals surface area contributed by atoms with Gasteiger partial charge in [0.1, 0.15) is 11.2 Å². The second-order valence-electron chi connectivity index (χ2n) is 12.6. The molecular formula is C27H32O11. The van der Waals surface area contributed by atoms with Gasteiger partial charge >= 0.3 is 11.9 Å². The first-order valence-electron chi connectivity index (χ1n) is 12.9. The first-order valence-corrected chi connectivity index (χ1v) is 12.9. The van der Waals surface area contributed by atoms with Crippen LogP contribution in [0.1, 0.15) is 52.5 Å². The third-order valence-electron chi connectivity index (χ3n) is 11.3. The summed E-state index contributed by atoms with van der Waals surface area (Å²) in [6, 6.07) is 1.81. The molecule has 13 atom stereocenters. The highest BCUT2D eigenvalue weighted by molar-refractivity contribution is 5.84. The standard InChI is InChI=1S/C27H32O11/c1-12(28)35-19-20(30)38-21(2)7-8-25(32)23(4,26(19,21)33)17-16(37-25)18(29)22(3)14(13-6-9-34-11-13)10-15-27(22,36-15)24(17,5)31/h6-9,11,14-19,29,31-33H,10H2,1-5H3/t14-,15+,16-,17+,18-,19-,21-,22+,23-,24+,25-,26+,27+/m0/s1. The lowest BCUT2D eigenvalue weighted by Gasteiger charge is -2.62. The monoisotopic (exact) mass is 532 g/mol. The van der Waals surface area contributed by atoms with E-state index in [0.29, 0.717) is 6.42 Å². The molecule has 0 amide bonds. The fourth-order valence-corrected chi connectivity index (χ4v) is 9.63. The van der Waals surface area contributed by atoms with Crippen LogP contribution in [0.4, 0.5) is 0 Å². The molecule has 38 heavy (non-hydrogen) atoms. The second-order valence-corrected chi connectivity index (χ2v) is 12.6. The molecular weight excluding hydrogens is 500 g/mol. The Bertz CT molecular complexity index is 1290. The molecule has 6 aliphatic rings. The Morgan fingerprint density at radius 1 is 1.11 bits per heavy atom. The summed E-state index contributed by atoms with van der Waals surface area (Å²) >= 11 is 0. The number of fused-ring (bicyclic) bond motifs is 5. The van der Waals surface area contributed by atoms with Crippen molar-refractivity contribution in [1.29, 1.82) is 0 Å². The molecule has 1 spiro atoms. The lowest BCUT2D eigenvalue weighted by Crippen LogP contribution is -2.79. The number of aliphatic hydroxyl groups is 4. The van der Waals surface area contributed by atoms with Crippen molar-refractivity contribution in [3.63, 3.8) is 0 Å². The molecule has 11 heteroatoms. The second kappa shape index (κ2) is 6.54. The van der Waals surface area contributed by atoms with Crippen LogP contribution >= 0.6 is 0 Å². The van der Waals surface area contributed by atoms with Crippen LogP contribution in [-0.2, 0) is 28.5 Å². The smallest absolute Gasteiger partial charge is 0.351 e. The van der Waals surface area contributed by atoms with Crippen molar-refractivity contribution in [2.24, 2.45) is 16.7 Å².